The van der Waals surface area contributed by atoms with Gasteiger partial charge in [0.2, 0.25) is 0 Å². The zero-order valence-electron chi connectivity index (χ0n) is 13.9. The van der Waals surface area contributed by atoms with Crippen LogP contribution in [-0.2, 0) is 6.54 Å². The molecule has 1 aliphatic rings. The van der Waals surface area contributed by atoms with Crippen LogP contribution in [0.25, 0.3) is 10.9 Å². The molecule has 3 aromatic rings. The van der Waals surface area contributed by atoms with Gasteiger partial charge >= 0.3 is 0 Å². The Morgan fingerprint density at radius 3 is 2.88 bits per heavy atom. The molecule has 0 unspecified atom stereocenters. The molecule has 6 nitrogen and oxygen atoms in total. The maximum atomic E-state index is 9.49. The SMILES string of the molecule is N#Cc1cnc2ccc(NCc3cnc[nH]3)cc2c1NC1CCCC1. The molecule has 1 aliphatic carbocycles. The summed E-state index contributed by atoms with van der Waals surface area (Å²) in [5, 5.41) is 17.5. The van der Waals surface area contributed by atoms with Crippen molar-refractivity contribution in [1.82, 2.24) is 15.0 Å². The molecule has 2 heterocycles. The van der Waals surface area contributed by atoms with E-state index in [0.29, 0.717) is 18.2 Å². The van der Waals surface area contributed by atoms with Gasteiger partial charge in [0, 0.05) is 29.5 Å². The molecule has 1 fully saturated rings. The Kier molecular flexibility index (Phi) is 4.21. The van der Waals surface area contributed by atoms with Crippen LogP contribution in [0.3, 0.4) is 0 Å². The number of fused-ring (bicyclic) bond motifs is 1. The van der Waals surface area contributed by atoms with Crippen LogP contribution in [0.1, 0.15) is 36.9 Å². The number of imidazole rings is 1. The number of pyridine rings is 1. The third-order valence-corrected chi connectivity index (χ3v) is 4.73. The van der Waals surface area contributed by atoms with E-state index in [1.807, 2.05) is 12.1 Å². The Labute approximate surface area is 146 Å². The van der Waals surface area contributed by atoms with E-state index < -0.39 is 0 Å². The maximum Gasteiger partial charge on any atom is 0.103 e. The number of rotatable bonds is 5. The van der Waals surface area contributed by atoms with Crippen molar-refractivity contribution >= 4 is 22.3 Å². The third-order valence-electron chi connectivity index (χ3n) is 4.73. The molecule has 4 rings (SSSR count). The van der Waals surface area contributed by atoms with Gasteiger partial charge in [0.1, 0.15) is 6.07 Å². The van der Waals surface area contributed by atoms with E-state index in [1.165, 1.54) is 12.8 Å². The number of nitrogens with zero attached hydrogens (tertiary/aromatic N) is 3. The van der Waals surface area contributed by atoms with Crippen molar-refractivity contribution < 1.29 is 0 Å². The number of aromatic nitrogens is 3. The number of nitriles is 1. The van der Waals surface area contributed by atoms with Crippen molar-refractivity contribution in [2.45, 2.75) is 38.3 Å². The number of hydrogen-bond donors (Lipinski definition) is 3. The first-order valence-electron chi connectivity index (χ1n) is 8.64. The molecule has 0 radical (unpaired) electrons. The first-order chi connectivity index (χ1) is 12.3. The highest BCUT2D eigenvalue weighted by Gasteiger charge is 2.18. The van der Waals surface area contributed by atoms with Crippen molar-refractivity contribution in [3.8, 4) is 6.07 Å². The Hall–Kier alpha value is -3.07. The topological polar surface area (TPSA) is 89.4 Å². The lowest BCUT2D eigenvalue weighted by atomic mass is 10.1. The molecule has 0 amide bonds. The second kappa shape index (κ2) is 6.81. The van der Waals surface area contributed by atoms with Gasteiger partial charge in [-0.15, -0.1) is 0 Å². The van der Waals surface area contributed by atoms with Crippen LogP contribution in [0.5, 0.6) is 0 Å². The summed E-state index contributed by atoms with van der Waals surface area (Å²) in [4.78, 5) is 11.5. The minimum atomic E-state index is 0.444. The van der Waals surface area contributed by atoms with E-state index in [2.05, 4.69) is 37.7 Å². The lowest BCUT2D eigenvalue weighted by Crippen LogP contribution is -2.16. The molecule has 0 aliphatic heterocycles. The molecule has 3 N–H and O–H groups in total. The Balaban J connectivity index is 1.67. The van der Waals surface area contributed by atoms with Crippen LogP contribution in [0, 0.1) is 11.3 Å². The van der Waals surface area contributed by atoms with Gasteiger partial charge in [-0.1, -0.05) is 12.8 Å². The fraction of sp³-hybridized carbons (Fsp3) is 0.316. The number of benzene rings is 1. The van der Waals surface area contributed by atoms with Gasteiger partial charge < -0.3 is 15.6 Å². The summed E-state index contributed by atoms with van der Waals surface area (Å²) in [6.07, 6.45) is 9.95. The average Bonchev–Trinajstić information content (AvgIpc) is 3.34. The molecule has 1 aromatic carbocycles. The first kappa shape index (κ1) is 15.5. The van der Waals surface area contributed by atoms with Gasteiger partial charge in [0.15, 0.2) is 0 Å². The average molecular weight is 332 g/mol. The Morgan fingerprint density at radius 1 is 1.24 bits per heavy atom. The summed E-state index contributed by atoms with van der Waals surface area (Å²) < 4.78 is 0. The molecule has 0 spiro atoms. The van der Waals surface area contributed by atoms with Gasteiger partial charge in [-0.2, -0.15) is 5.26 Å². The second-order valence-corrected chi connectivity index (χ2v) is 6.45. The van der Waals surface area contributed by atoms with Crippen molar-refractivity contribution in [3.63, 3.8) is 0 Å². The van der Waals surface area contributed by atoms with Crippen molar-refractivity contribution in [2.24, 2.45) is 0 Å². The highest BCUT2D eigenvalue weighted by molar-refractivity contribution is 5.96. The fourth-order valence-corrected chi connectivity index (χ4v) is 3.40. The summed E-state index contributed by atoms with van der Waals surface area (Å²) in [6, 6.07) is 8.79. The number of H-pyrrole nitrogens is 1. The molecule has 2 aromatic heterocycles. The van der Waals surface area contributed by atoms with Crippen LogP contribution in [0.2, 0.25) is 0 Å². The molecule has 25 heavy (non-hydrogen) atoms. The Bertz CT molecular complexity index is 904. The highest BCUT2D eigenvalue weighted by atomic mass is 14.9. The quantitative estimate of drug-likeness (QED) is 0.661. The highest BCUT2D eigenvalue weighted by Crippen LogP contribution is 2.31. The van der Waals surface area contributed by atoms with Crippen molar-refractivity contribution in [1.29, 1.82) is 5.26 Å². The van der Waals surface area contributed by atoms with Crippen molar-refractivity contribution in [3.05, 3.63) is 48.2 Å². The molecule has 126 valence electrons. The zero-order chi connectivity index (χ0) is 17.1. The number of hydrogen-bond acceptors (Lipinski definition) is 5. The van der Waals surface area contributed by atoms with Crippen LogP contribution in [0.15, 0.2) is 36.9 Å². The maximum absolute atomic E-state index is 9.49. The van der Waals surface area contributed by atoms with Gasteiger partial charge in [-0.25, -0.2) is 4.98 Å². The van der Waals surface area contributed by atoms with E-state index in [9.17, 15) is 5.26 Å². The van der Waals surface area contributed by atoms with E-state index in [0.717, 1.165) is 40.8 Å². The largest absolute Gasteiger partial charge is 0.381 e. The number of nitrogens with one attached hydrogen (secondary N) is 3. The molecule has 6 heteroatoms. The van der Waals surface area contributed by atoms with E-state index in [4.69, 9.17) is 0 Å². The summed E-state index contributed by atoms with van der Waals surface area (Å²) in [7, 11) is 0. The lowest BCUT2D eigenvalue weighted by Gasteiger charge is -2.17. The molecule has 0 atom stereocenters. The zero-order valence-corrected chi connectivity index (χ0v) is 13.9. The molecular formula is C19H20N6. The monoisotopic (exact) mass is 332 g/mol. The normalized spacial score (nSPS) is 14.5. The van der Waals surface area contributed by atoms with E-state index in [-0.39, 0.29) is 0 Å². The summed E-state index contributed by atoms with van der Waals surface area (Å²) in [5.74, 6) is 0. The number of anilines is 2. The van der Waals surface area contributed by atoms with E-state index in [1.54, 1.807) is 18.7 Å². The fourth-order valence-electron chi connectivity index (χ4n) is 3.40. The van der Waals surface area contributed by atoms with Gasteiger partial charge in [0.25, 0.3) is 0 Å². The van der Waals surface area contributed by atoms with Crippen LogP contribution in [0.4, 0.5) is 11.4 Å². The predicted octanol–water partition coefficient (Wildman–Crippen LogP) is 3.80. The third kappa shape index (κ3) is 3.26. The van der Waals surface area contributed by atoms with Crippen molar-refractivity contribution in [2.75, 3.05) is 10.6 Å². The smallest absolute Gasteiger partial charge is 0.103 e. The van der Waals surface area contributed by atoms with Gasteiger partial charge in [0.05, 0.1) is 35.3 Å². The first-order valence-corrected chi connectivity index (χ1v) is 8.64. The molecule has 1 saturated carbocycles. The second-order valence-electron chi connectivity index (χ2n) is 6.45. The minimum absolute atomic E-state index is 0.444. The Morgan fingerprint density at radius 2 is 2.12 bits per heavy atom. The predicted molar refractivity (Wildman–Crippen MR) is 98.3 cm³/mol. The summed E-state index contributed by atoms with van der Waals surface area (Å²) in [5.41, 5.74) is 4.42. The van der Waals surface area contributed by atoms with Crippen LogP contribution >= 0.6 is 0 Å². The van der Waals surface area contributed by atoms with Gasteiger partial charge in [-0.05, 0) is 31.0 Å². The molecule has 0 saturated heterocycles. The minimum Gasteiger partial charge on any atom is -0.381 e. The standard InChI is InChI=1S/C19H20N6/c20-8-13-9-23-18-6-5-15(22-11-16-10-21-12-24-16)7-17(18)19(13)25-14-3-1-2-4-14/h5-7,9-10,12,14,22H,1-4,11H2,(H,21,24)(H,23,25). The summed E-state index contributed by atoms with van der Waals surface area (Å²) in [6.45, 7) is 0.669. The van der Waals surface area contributed by atoms with E-state index >= 15 is 0 Å². The lowest BCUT2D eigenvalue weighted by molar-refractivity contribution is 0.756. The van der Waals surface area contributed by atoms with Crippen LogP contribution < -0.4 is 10.6 Å². The van der Waals surface area contributed by atoms with Gasteiger partial charge in [-0.3, -0.25) is 4.98 Å². The molecule has 0 bridgehead atoms. The number of aromatic amines is 1. The molecular weight excluding hydrogens is 312 g/mol. The summed E-state index contributed by atoms with van der Waals surface area (Å²) >= 11 is 0. The van der Waals surface area contributed by atoms with Crippen LogP contribution in [-0.4, -0.2) is 21.0 Å².